The number of nitrogens with zero attached hydrogens (tertiary/aromatic N) is 2. The van der Waals surface area contributed by atoms with Crippen molar-refractivity contribution in [1.29, 1.82) is 0 Å². The molecule has 1 heterocycles. The molecule has 0 aliphatic carbocycles. The standard InChI is InChI=1S/C11H20N4O/c1-7(5-11(12)16)13-6-10-8(2)14-15(4)9(10)3/h7,13H,5-6H2,1-4H3,(H2,12,16). The lowest BCUT2D eigenvalue weighted by Crippen LogP contribution is -2.30. The van der Waals surface area contributed by atoms with E-state index in [9.17, 15) is 4.79 Å². The average molecular weight is 224 g/mol. The molecule has 0 saturated heterocycles. The molecule has 0 spiro atoms. The molecule has 1 rings (SSSR count). The van der Waals surface area contributed by atoms with Crippen molar-refractivity contribution in [1.82, 2.24) is 15.1 Å². The number of aromatic nitrogens is 2. The lowest BCUT2D eigenvalue weighted by molar-refractivity contribution is -0.118. The van der Waals surface area contributed by atoms with Gasteiger partial charge < -0.3 is 11.1 Å². The van der Waals surface area contributed by atoms with E-state index in [1.165, 1.54) is 5.56 Å². The highest BCUT2D eigenvalue weighted by atomic mass is 16.1. The Hall–Kier alpha value is -1.36. The van der Waals surface area contributed by atoms with Crippen LogP contribution in [0.3, 0.4) is 0 Å². The van der Waals surface area contributed by atoms with Crippen LogP contribution in [0.5, 0.6) is 0 Å². The fraction of sp³-hybridized carbons (Fsp3) is 0.636. The van der Waals surface area contributed by atoms with Gasteiger partial charge in [-0.15, -0.1) is 0 Å². The highest BCUT2D eigenvalue weighted by molar-refractivity contribution is 5.74. The first kappa shape index (κ1) is 12.7. The van der Waals surface area contributed by atoms with Crippen LogP contribution < -0.4 is 11.1 Å². The van der Waals surface area contributed by atoms with Crippen LogP contribution in [-0.2, 0) is 18.4 Å². The molecule has 5 nitrogen and oxygen atoms in total. The predicted molar refractivity (Wildman–Crippen MR) is 62.8 cm³/mol. The molecule has 0 bridgehead atoms. The Kier molecular flexibility index (Phi) is 4.06. The van der Waals surface area contributed by atoms with Crippen LogP contribution in [0.4, 0.5) is 0 Å². The summed E-state index contributed by atoms with van der Waals surface area (Å²) < 4.78 is 1.87. The van der Waals surface area contributed by atoms with Crippen LogP contribution in [0.2, 0.25) is 0 Å². The Morgan fingerprint density at radius 2 is 2.19 bits per heavy atom. The van der Waals surface area contributed by atoms with E-state index in [2.05, 4.69) is 10.4 Å². The largest absolute Gasteiger partial charge is 0.370 e. The Morgan fingerprint density at radius 1 is 1.56 bits per heavy atom. The summed E-state index contributed by atoms with van der Waals surface area (Å²) >= 11 is 0. The number of amides is 1. The Morgan fingerprint density at radius 3 is 2.62 bits per heavy atom. The molecule has 1 unspecified atom stereocenters. The summed E-state index contributed by atoms with van der Waals surface area (Å²) in [4.78, 5) is 10.7. The van der Waals surface area contributed by atoms with Crippen molar-refractivity contribution in [2.75, 3.05) is 0 Å². The monoisotopic (exact) mass is 224 g/mol. The number of carbonyl (C=O) groups excluding carboxylic acids is 1. The minimum absolute atomic E-state index is 0.0940. The van der Waals surface area contributed by atoms with Crippen LogP contribution in [0, 0.1) is 13.8 Å². The molecule has 0 saturated carbocycles. The van der Waals surface area contributed by atoms with E-state index in [4.69, 9.17) is 5.73 Å². The molecule has 0 aliphatic heterocycles. The third kappa shape index (κ3) is 3.06. The van der Waals surface area contributed by atoms with E-state index in [1.807, 2.05) is 32.5 Å². The molecule has 0 radical (unpaired) electrons. The van der Waals surface area contributed by atoms with Gasteiger partial charge in [0.2, 0.25) is 5.91 Å². The molecule has 3 N–H and O–H groups in total. The molecule has 5 heteroatoms. The van der Waals surface area contributed by atoms with Crippen LogP contribution in [-0.4, -0.2) is 21.7 Å². The Bertz CT molecular complexity index is 384. The Labute approximate surface area is 96.0 Å². The number of primary amides is 1. The first-order valence-corrected chi connectivity index (χ1v) is 5.42. The van der Waals surface area contributed by atoms with Crippen LogP contribution in [0.15, 0.2) is 0 Å². The maximum absolute atomic E-state index is 10.7. The lowest BCUT2D eigenvalue weighted by Gasteiger charge is -2.11. The first-order chi connectivity index (χ1) is 7.41. The maximum Gasteiger partial charge on any atom is 0.218 e. The van der Waals surface area contributed by atoms with Gasteiger partial charge in [-0.05, 0) is 20.8 Å². The third-order valence-corrected chi connectivity index (χ3v) is 2.79. The zero-order chi connectivity index (χ0) is 12.3. The number of aryl methyl sites for hydroxylation is 2. The molecule has 16 heavy (non-hydrogen) atoms. The molecule has 0 aromatic carbocycles. The first-order valence-electron chi connectivity index (χ1n) is 5.42. The van der Waals surface area contributed by atoms with Gasteiger partial charge in [0, 0.05) is 37.3 Å². The number of hydrogen-bond donors (Lipinski definition) is 2. The van der Waals surface area contributed by atoms with Crippen molar-refractivity contribution in [3.8, 4) is 0 Å². The fourth-order valence-corrected chi connectivity index (χ4v) is 1.72. The molecule has 1 aromatic heterocycles. The van der Waals surface area contributed by atoms with Crippen LogP contribution in [0.1, 0.15) is 30.3 Å². The molecular formula is C11H20N4O. The molecule has 0 fully saturated rings. The SMILES string of the molecule is Cc1nn(C)c(C)c1CNC(C)CC(N)=O. The van der Waals surface area contributed by atoms with E-state index in [0.717, 1.165) is 17.9 Å². The zero-order valence-corrected chi connectivity index (χ0v) is 10.4. The second kappa shape index (κ2) is 5.12. The highest BCUT2D eigenvalue weighted by Gasteiger charge is 2.11. The van der Waals surface area contributed by atoms with Crippen LogP contribution >= 0.6 is 0 Å². The van der Waals surface area contributed by atoms with Gasteiger partial charge in [-0.25, -0.2) is 0 Å². The Balaban J connectivity index is 2.57. The predicted octanol–water partition coefficient (Wildman–Crippen LogP) is 0.390. The molecular weight excluding hydrogens is 204 g/mol. The van der Waals surface area contributed by atoms with E-state index in [1.54, 1.807) is 0 Å². The quantitative estimate of drug-likeness (QED) is 0.760. The van der Waals surface area contributed by atoms with Crippen LogP contribution in [0.25, 0.3) is 0 Å². The van der Waals surface area contributed by atoms with Gasteiger partial charge in [0.15, 0.2) is 0 Å². The third-order valence-electron chi connectivity index (χ3n) is 2.79. The second-order valence-corrected chi connectivity index (χ2v) is 4.23. The minimum Gasteiger partial charge on any atom is -0.370 e. The van der Waals surface area contributed by atoms with Crippen molar-refractivity contribution in [3.05, 3.63) is 17.0 Å². The summed E-state index contributed by atoms with van der Waals surface area (Å²) in [7, 11) is 1.93. The minimum atomic E-state index is -0.278. The number of nitrogens with one attached hydrogen (secondary N) is 1. The van der Waals surface area contributed by atoms with Gasteiger partial charge in [0.25, 0.3) is 0 Å². The van der Waals surface area contributed by atoms with E-state index in [0.29, 0.717) is 6.42 Å². The summed E-state index contributed by atoms with van der Waals surface area (Å²) in [5, 5.41) is 7.61. The second-order valence-electron chi connectivity index (χ2n) is 4.23. The summed E-state index contributed by atoms with van der Waals surface area (Å²) in [6.45, 7) is 6.70. The van der Waals surface area contributed by atoms with Gasteiger partial charge in [-0.2, -0.15) is 5.10 Å². The number of hydrogen-bond acceptors (Lipinski definition) is 3. The average Bonchev–Trinajstić information content (AvgIpc) is 2.38. The molecule has 90 valence electrons. The normalized spacial score (nSPS) is 12.8. The highest BCUT2D eigenvalue weighted by Crippen LogP contribution is 2.11. The number of nitrogens with two attached hydrogens (primary N) is 1. The smallest absolute Gasteiger partial charge is 0.218 e. The summed E-state index contributed by atoms with van der Waals surface area (Å²) in [5.41, 5.74) is 8.50. The molecule has 0 aliphatic rings. The maximum atomic E-state index is 10.7. The lowest BCUT2D eigenvalue weighted by atomic mass is 10.1. The molecule has 1 amide bonds. The van der Waals surface area contributed by atoms with Crippen molar-refractivity contribution in [2.45, 2.75) is 39.8 Å². The summed E-state index contributed by atoms with van der Waals surface area (Å²) in [6.07, 6.45) is 0.359. The van der Waals surface area contributed by atoms with E-state index < -0.39 is 0 Å². The number of carbonyl (C=O) groups is 1. The van der Waals surface area contributed by atoms with Gasteiger partial charge in [0.1, 0.15) is 0 Å². The number of rotatable bonds is 5. The van der Waals surface area contributed by atoms with Gasteiger partial charge >= 0.3 is 0 Å². The van der Waals surface area contributed by atoms with Gasteiger partial charge in [-0.1, -0.05) is 0 Å². The van der Waals surface area contributed by atoms with E-state index in [-0.39, 0.29) is 11.9 Å². The van der Waals surface area contributed by atoms with Gasteiger partial charge in [0.05, 0.1) is 5.69 Å². The topological polar surface area (TPSA) is 72.9 Å². The van der Waals surface area contributed by atoms with Crippen molar-refractivity contribution >= 4 is 5.91 Å². The summed E-state index contributed by atoms with van der Waals surface area (Å²) in [6, 6.07) is 0.0940. The van der Waals surface area contributed by atoms with Crippen molar-refractivity contribution in [3.63, 3.8) is 0 Å². The van der Waals surface area contributed by atoms with Crippen molar-refractivity contribution < 1.29 is 4.79 Å². The summed E-state index contributed by atoms with van der Waals surface area (Å²) in [5.74, 6) is -0.278. The fourth-order valence-electron chi connectivity index (χ4n) is 1.72. The molecule has 1 aromatic rings. The van der Waals surface area contributed by atoms with E-state index >= 15 is 0 Å². The van der Waals surface area contributed by atoms with Gasteiger partial charge in [-0.3, -0.25) is 9.48 Å². The van der Waals surface area contributed by atoms with Crippen molar-refractivity contribution in [2.24, 2.45) is 12.8 Å². The zero-order valence-electron chi connectivity index (χ0n) is 10.4. The molecule has 1 atom stereocenters.